The van der Waals surface area contributed by atoms with Crippen LogP contribution in [0.4, 0.5) is 30.2 Å². The predicted molar refractivity (Wildman–Crippen MR) is 133 cm³/mol. The number of fused-ring (bicyclic) bond motifs is 1. The molecule has 0 aliphatic carbocycles. The number of pyridine rings is 1. The van der Waals surface area contributed by atoms with Crippen LogP contribution in [0.15, 0.2) is 47.1 Å². The summed E-state index contributed by atoms with van der Waals surface area (Å²) in [5.41, 5.74) is 1.01. The van der Waals surface area contributed by atoms with E-state index < -0.39 is 11.7 Å². The molecular weight excluding hydrogens is 509 g/mol. The third-order valence-corrected chi connectivity index (χ3v) is 6.62. The van der Waals surface area contributed by atoms with E-state index in [1.165, 1.54) is 12.3 Å². The van der Waals surface area contributed by atoms with Gasteiger partial charge in [0, 0.05) is 59.1 Å². The number of hydrogen-bond donors (Lipinski definition) is 1. The van der Waals surface area contributed by atoms with E-state index in [2.05, 4.69) is 51.9 Å². The SMILES string of the molecule is CC(C)(C)N1CCN(c2ccc(Nc3c(C=O)cnc4ccc(Br)cc34)cc2C(F)(F)F)CC1. The van der Waals surface area contributed by atoms with E-state index in [1.54, 1.807) is 23.1 Å². The summed E-state index contributed by atoms with van der Waals surface area (Å²) in [6.45, 7) is 8.76. The molecule has 4 rings (SSSR count). The molecule has 9 heteroatoms. The molecule has 3 aromatic rings. The van der Waals surface area contributed by atoms with Crippen molar-refractivity contribution in [2.45, 2.75) is 32.5 Å². The van der Waals surface area contributed by atoms with E-state index in [0.717, 1.165) is 10.5 Å². The van der Waals surface area contributed by atoms with Crippen molar-refractivity contribution in [1.29, 1.82) is 0 Å². The molecule has 1 aromatic heterocycles. The number of aldehydes is 1. The van der Waals surface area contributed by atoms with Crippen LogP contribution in [0, 0.1) is 0 Å². The summed E-state index contributed by atoms with van der Waals surface area (Å²) in [7, 11) is 0. The van der Waals surface area contributed by atoms with Crippen LogP contribution < -0.4 is 10.2 Å². The normalized spacial score (nSPS) is 15.6. The van der Waals surface area contributed by atoms with Gasteiger partial charge in [-0.05, 0) is 57.2 Å². The number of hydrogen-bond acceptors (Lipinski definition) is 5. The molecule has 0 atom stereocenters. The lowest BCUT2D eigenvalue weighted by Gasteiger charge is -2.43. The number of nitrogens with one attached hydrogen (secondary N) is 1. The van der Waals surface area contributed by atoms with Gasteiger partial charge in [-0.1, -0.05) is 15.9 Å². The fourth-order valence-electron chi connectivity index (χ4n) is 4.29. The number of nitrogens with zero attached hydrogens (tertiary/aromatic N) is 3. The minimum absolute atomic E-state index is 0.0225. The number of anilines is 3. The summed E-state index contributed by atoms with van der Waals surface area (Å²) < 4.78 is 43.1. The Balaban J connectivity index is 1.70. The van der Waals surface area contributed by atoms with Gasteiger partial charge in [-0.2, -0.15) is 13.2 Å². The molecule has 0 radical (unpaired) electrons. The third-order valence-electron chi connectivity index (χ3n) is 6.13. The lowest BCUT2D eigenvalue weighted by molar-refractivity contribution is -0.137. The van der Waals surface area contributed by atoms with Gasteiger partial charge in [-0.25, -0.2) is 0 Å². The molecule has 2 aromatic carbocycles. The smallest absolute Gasteiger partial charge is 0.368 e. The Hall–Kier alpha value is -2.65. The zero-order chi connectivity index (χ0) is 24.7. The van der Waals surface area contributed by atoms with E-state index in [1.807, 2.05) is 6.07 Å². The summed E-state index contributed by atoms with van der Waals surface area (Å²) in [4.78, 5) is 20.0. The molecular formula is C25H26BrF3N4O. The molecule has 1 aliphatic heterocycles. The summed E-state index contributed by atoms with van der Waals surface area (Å²) >= 11 is 3.40. The van der Waals surface area contributed by atoms with E-state index in [-0.39, 0.29) is 22.5 Å². The molecule has 1 fully saturated rings. The highest BCUT2D eigenvalue weighted by atomic mass is 79.9. The van der Waals surface area contributed by atoms with Crippen molar-refractivity contribution in [2.24, 2.45) is 0 Å². The topological polar surface area (TPSA) is 48.5 Å². The van der Waals surface area contributed by atoms with E-state index in [9.17, 15) is 18.0 Å². The Morgan fingerprint density at radius 2 is 1.74 bits per heavy atom. The van der Waals surface area contributed by atoms with Crippen LogP contribution >= 0.6 is 15.9 Å². The zero-order valence-electron chi connectivity index (χ0n) is 19.2. The molecule has 180 valence electrons. The highest BCUT2D eigenvalue weighted by Crippen LogP contribution is 2.40. The average molecular weight is 535 g/mol. The third kappa shape index (κ3) is 5.05. The quantitative estimate of drug-likeness (QED) is 0.387. The van der Waals surface area contributed by atoms with Crippen LogP contribution in [-0.2, 0) is 6.18 Å². The van der Waals surface area contributed by atoms with Gasteiger partial charge in [0.05, 0.1) is 22.3 Å². The molecule has 0 bridgehead atoms. The molecule has 1 saturated heterocycles. The molecule has 0 saturated carbocycles. The molecule has 1 N–H and O–H groups in total. The van der Waals surface area contributed by atoms with Gasteiger partial charge in [0.2, 0.25) is 0 Å². The first kappa shape index (κ1) is 24.5. The molecule has 0 unspecified atom stereocenters. The Bertz CT molecular complexity index is 1220. The van der Waals surface area contributed by atoms with Crippen LogP contribution in [0.1, 0.15) is 36.7 Å². The highest BCUT2D eigenvalue weighted by Gasteiger charge is 2.36. The standard InChI is InChI=1S/C25H26BrF3N4O/c1-24(2,3)33-10-8-32(9-11-33)22-7-5-18(13-20(22)25(27,28)29)31-23-16(15-34)14-30-21-6-4-17(26)12-19(21)23/h4-7,12-15H,8-11H2,1-3H3,(H,30,31). The van der Waals surface area contributed by atoms with Gasteiger partial charge in [-0.15, -0.1) is 0 Å². The van der Waals surface area contributed by atoms with Crippen LogP contribution in [0.25, 0.3) is 10.9 Å². The fraction of sp³-hybridized carbons (Fsp3) is 0.360. The largest absolute Gasteiger partial charge is 0.418 e. The molecule has 2 heterocycles. The zero-order valence-corrected chi connectivity index (χ0v) is 20.8. The second-order valence-corrected chi connectivity index (χ2v) is 10.3. The Morgan fingerprint density at radius 1 is 1.03 bits per heavy atom. The van der Waals surface area contributed by atoms with Gasteiger partial charge < -0.3 is 10.2 Å². The second-order valence-electron chi connectivity index (χ2n) is 9.37. The van der Waals surface area contributed by atoms with Gasteiger partial charge in [-0.3, -0.25) is 14.7 Å². The maximum atomic E-state index is 14.1. The van der Waals surface area contributed by atoms with E-state index >= 15 is 0 Å². The van der Waals surface area contributed by atoms with Gasteiger partial charge in [0.25, 0.3) is 0 Å². The molecule has 34 heavy (non-hydrogen) atoms. The van der Waals surface area contributed by atoms with E-state index in [0.29, 0.717) is 49.1 Å². The number of rotatable bonds is 4. The van der Waals surface area contributed by atoms with Crippen molar-refractivity contribution in [3.63, 3.8) is 0 Å². The van der Waals surface area contributed by atoms with Crippen LogP contribution in [0.2, 0.25) is 0 Å². The molecule has 0 spiro atoms. The van der Waals surface area contributed by atoms with Crippen molar-refractivity contribution in [2.75, 3.05) is 36.4 Å². The van der Waals surface area contributed by atoms with Crippen molar-refractivity contribution in [1.82, 2.24) is 9.88 Å². The van der Waals surface area contributed by atoms with Gasteiger partial charge in [0.15, 0.2) is 6.29 Å². The highest BCUT2D eigenvalue weighted by molar-refractivity contribution is 9.10. The minimum Gasteiger partial charge on any atom is -0.368 e. The first-order valence-electron chi connectivity index (χ1n) is 11.0. The maximum Gasteiger partial charge on any atom is 0.418 e. The van der Waals surface area contributed by atoms with Crippen LogP contribution in [0.3, 0.4) is 0 Å². The Kier molecular flexibility index (Phi) is 6.61. The van der Waals surface area contributed by atoms with Gasteiger partial charge in [0.1, 0.15) is 0 Å². The fourth-order valence-corrected chi connectivity index (χ4v) is 4.65. The van der Waals surface area contributed by atoms with Crippen molar-refractivity contribution in [3.8, 4) is 0 Å². The Labute approximate surface area is 205 Å². The molecule has 5 nitrogen and oxygen atoms in total. The van der Waals surface area contributed by atoms with Crippen LogP contribution in [-0.4, -0.2) is 47.9 Å². The lowest BCUT2D eigenvalue weighted by atomic mass is 10.0. The first-order valence-corrected chi connectivity index (χ1v) is 11.8. The number of benzene rings is 2. The summed E-state index contributed by atoms with van der Waals surface area (Å²) in [5, 5.41) is 3.68. The lowest BCUT2D eigenvalue weighted by Crippen LogP contribution is -2.53. The number of halogens is 4. The monoisotopic (exact) mass is 534 g/mol. The maximum absolute atomic E-state index is 14.1. The Morgan fingerprint density at radius 3 is 2.35 bits per heavy atom. The number of carbonyl (C=O) groups is 1. The van der Waals surface area contributed by atoms with Gasteiger partial charge >= 0.3 is 6.18 Å². The van der Waals surface area contributed by atoms with Crippen LogP contribution in [0.5, 0.6) is 0 Å². The minimum atomic E-state index is -4.52. The van der Waals surface area contributed by atoms with Crippen molar-refractivity contribution >= 4 is 50.2 Å². The average Bonchev–Trinajstić information content (AvgIpc) is 2.78. The predicted octanol–water partition coefficient (Wildman–Crippen LogP) is 6.49. The van der Waals surface area contributed by atoms with Crippen molar-refractivity contribution in [3.05, 3.63) is 58.2 Å². The number of aromatic nitrogens is 1. The number of alkyl halides is 3. The molecule has 0 amide bonds. The number of carbonyl (C=O) groups excluding carboxylic acids is 1. The number of piperazine rings is 1. The molecule has 1 aliphatic rings. The first-order chi connectivity index (χ1) is 16.0. The summed E-state index contributed by atoms with van der Waals surface area (Å²) in [6, 6.07) is 9.63. The van der Waals surface area contributed by atoms with Crippen molar-refractivity contribution < 1.29 is 18.0 Å². The second kappa shape index (κ2) is 9.19. The van der Waals surface area contributed by atoms with E-state index in [4.69, 9.17) is 0 Å². The summed E-state index contributed by atoms with van der Waals surface area (Å²) in [6.07, 6.45) is -2.46. The summed E-state index contributed by atoms with van der Waals surface area (Å²) in [5.74, 6) is 0.